The van der Waals surface area contributed by atoms with Gasteiger partial charge < -0.3 is 4.90 Å². The molecule has 1 aromatic rings. The van der Waals surface area contributed by atoms with Crippen molar-refractivity contribution in [2.24, 2.45) is 4.99 Å². The summed E-state index contributed by atoms with van der Waals surface area (Å²) in [6, 6.07) is 9.62. The van der Waals surface area contributed by atoms with E-state index >= 15 is 0 Å². The molecule has 0 unspecified atom stereocenters. The van der Waals surface area contributed by atoms with Gasteiger partial charge in [-0.3, -0.25) is 0 Å². The molecule has 0 aliphatic carbocycles. The highest BCUT2D eigenvalue weighted by Crippen LogP contribution is 2.20. The summed E-state index contributed by atoms with van der Waals surface area (Å²) in [7, 11) is 2.04. The quantitative estimate of drug-likeness (QED) is 0.696. The molecule has 2 rings (SSSR count). The largest absolute Gasteiger partial charge is 0.363 e. The zero-order chi connectivity index (χ0) is 10.7. The standard InChI is InChI=1S/C12H13N3/c1-15-8-4-7-12(15)14-11-6-3-2-5-10(11)9-13/h2-3,5-6H,4,7-8H2,1H3/b14-12+. The number of para-hydroxylation sites is 1. The van der Waals surface area contributed by atoms with Crippen molar-refractivity contribution in [3.63, 3.8) is 0 Å². The van der Waals surface area contributed by atoms with E-state index < -0.39 is 0 Å². The molecule has 1 aliphatic rings. The number of nitrogens with zero attached hydrogens (tertiary/aromatic N) is 3. The Bertz CT molecular complexity index is 429. The van der Waals surface area contributed by atoms with Gasteiger partial charge in [-0.1, -0.05) is 12.1 Å². The van der Waals surface area contributed by atoms with Crippen molar-refractivity contribution in [3.05, 3.63) is 29.8 Å². The second-order valence-electron chi connectivity index (χ2n) is 3.68. The Hall–Kier alpha value is -1.82. The minimum atomic E-state index is 0.644. The van der Waals surface area contributed by atoms with Crippen LogP contribution in [-0.4, -0.2) is 24.3 Å². The predicted molar refractivity (Wildman–Crippen MR) is 60.1 cm³/mol. The maximum absolute atomic E-state index is 8.93. The van der Waals surface area contributed by atoms with Gasteiger partial charge in [-0.15, -0.1) is 0 Å². The minimum absolute atomic E-state index is 0.644. The molecule has 76 valence electrons. The van der Waals surface area contributed by atoms with E-state index in [1.807, 2.05) is 25.2 Å². The molecule has 0 atom stereocenters. The fourth-order valence-corrected chi connectivity index (χ4v) is 1.74. The van der Waals surface area contributed by atoms with Gasteiger partial charge in [-0.05, 0) is 18.6 Å². The molecule has 3 nitrogen and oxygen atoms in total. The smallest absolute Gasteiger partial charge is 0.105 e. The van der Waals surface area contributed by atoms with Crippen LogP contribution >= 0.6 is 0 Å². The molecule has 0 spiro atoms. The first-order valence-corrected chi connectivity index (χ1v) is 5.09. The first kappa shape index (κ1) is 9.72. The molecule has 0 amide bonds. The van der Waals surface area contributed by atoms with Crippen molar-refractivity contribution in [3.8, 4) is 6.07 Å². The Morgan fingerprint density at radius 3 is 2.87 bits per heavy atom. The molecule has 3 heteroatoms. The first-order chi connectivity index (χ1) is 7.31. The van der Waals surface area contributed by atoms with Gasteiger partial charge in [0.05, 0.1) is 11.3 Å². The topological polar surface area (TPSA) is 39.4 Å². The summed E-state index contributed by atoms with van der Waals surface area (Å²) in [5.41, 5.74) is 1.43. The van der Waals surface area contributed by atoms with Crippen LogP contribution in [0.25, 0.3) is 0 Å². The highest BCUT2D eigenvalue weighted by atomic mass is 15.2. The van der Waals surface area contributed by atoms with Crippen molar-refractivity contribution in [2.75, 3.05) is 13.6 Å². The van der Waals surface area contributed by atoms with E-state index in [4.69, 9.17) is 5.26 Å². The third kappa shape index (κ3) is 1.99. The van der Waals surface area contributed by atoms with E-state index in [9.17, 15) is 0 Å². The Morgan fingerprint density at radius 2 is 2.20 bits per heavy atom. The lowest BCUT2D eigenvalue weighted by molar-refractivity contribution is 0.550. The van der Waals surface area contributed by atoms with Crippen molar-refractivity contribution in [1.29, 1.82) is 5.26 Å². The number of nitriles is 1. The van der Waals surface area contributed by atoms with Crippen LogP contribution in [0, 0.1) is 11.3 Å². The maximum atomic E-state index is 8.93. The highest BCUT2D eigenvalue weighted by Gasteiger charge is 2.14. The summed E-state index contributed by atoms with van der Waals surface area (Å²) in [5, 5.41) is 8.93. The molecule has 1 heterocycles. The molecule has 0 radical (unpaired) electrons. The third-order valence-electron chi connectivity index (χ3n) is 2.61. The number of amidine groups is 1. The van der Waals surface area contributed by atoms with Gasteiger partial charge in [0.2, 0.25) is 0 Å². The van der Waals surface area contributed by atoms with E-state index in [0.717, 1.165) is 30.9 Å². The van der Waals surface area contributed by atoms with Gasteiger partial charge >= 0.3 is 0 Å². The number of rotatable bonds is 1. The highest BCUT2D eigenvalue weighted by molar-refractivity contribution is 5.86. The fourth-order valence-electron chi connectivity index (χ4n) is 1.74. The second kappa shape index (κ2) is 4.14. The van der Waals surface area contributed by atoms with E-state index in [1.54, 1.807) is 6.07 Å². The molecule has 0 aromatic heterocycles. The maximum Gasteiger partial charge on any atom is 0.105 e. The molecule has 0 N–H and O–H groups in total. The Morgan fingerprint density at radius 1 is 1.40 bits per heavy atom. The summed E-state index contributed by atoms with van der Waals surface area (Å²) in [4.78, 5) is 6.68. The van der Waals surface area contributed by atoms with Gasteiger partial charge in [0.1, 0.15) is 11.9 Å². The van der Waals surface area contributed by atoms with Crippen LogP contribution in [-0.2, 0) is 0 Å². The average molecular weight is 199 g/mol. The summed E-state index contributed by atoms with van der Waals surface area (Å²) >= 11 is 0. The van der Waals surface area contributed by atoms with Crippen molar-refractivity contribution >= 4 is 11.5 Å². The third-order valence-corrected chi connectivity index (χ3v) is 2.61. The molecule has 1 saturated heterocycles. The summed E-state index contributed by atoms with van der Waals surface area (Å²) in [6.45, 7) is 1.06. The van der Waals surface area contributed by atoms with Crippen molar-refractivity contribution < 1.29 is 0 Å². The minimum Gasteiger partial charge on any atom is -0.363 e. The van der Waals surface area contributed by atoms with E-state index in [1.165, 1.54) is 0 Å². The Labute approximate surface area is 89.7 Å². The summed E-state index contributed by atoms with van der Waals surface area (Å²) < 4.78 is 0. The zero-order valence-corrected chi connectivity index (χ0v) is 8.77. The van der Waals surface area contributed by atoms with Gasteiger partial charge in [-0.25, -0.2) is 4.99 Å². The molecule has 1 fully saturated rings. The average Bonchev–Trinajstić information content (AvgIpc) is 2.65. The molecular formula is C12H13N3. The number of hydrogen-bond donors (Lipinski definition) is 0. The number of benzene rings is 1. The van der Waals surface area contributed by atoms with E-state index in [2.05, 4.69) is 16.0 Å². The van der Waals surface area contributed by atoms with Crippen LogP contribution < -0.4 is 0 Å². The predicted octanol–water partition coefficient (Wildman–Crippen LogP) is 2.31. The van der Waals surface area contributed by atoms with Gasteiger partial charge in [0.25, 0.3) is 0 Å². The van der Waals surface area contributed by atoms with Crippen LogP contribution in [0.5, 0.6) is 0 Å². The number of aliphatic imine (C=N–C) groups is 1. The van der Waals surface area contributed by atoms with Gasteiger partial charge in [0, 0.05) is 20.0 Å². The van der Waals surface area contributed by atoms with E-state index in [0.29, 0.717) is 5.56 Å². The lowest BCUT2D eigenvalue weighted by Gasteiger charge is -2.11. The second-order valence-corrected chi connectivity index (χ2v) is 3.68. The van der Waals surface area contributed by atoms with Crippen LogP contribution in [0.4, 0.5) is 5.69 Å². The van der Waals surface area contributed by atoms with Gasteiger partial charge in [-0.2, -0.15) is 5.26 Å². The Balaban J connectivity index is 2.35. The lowest BCUT2D eigenvalue weighted by atomic mass is 10.2. The molecule has 1 aliphatic heterocycles. The summed E-state index contributed by atoms with van der Waals surface area (Å²) in [5.74, 6) is 1.08. The van der Waals surface area contributed by atoms with Crippen molar-refractivity contribution in [2.45, 2.75) is 12.8 Å². The van der Waals surface area contributed by atoms with Crippen LogP contribution in [0.2, 0.25) is 0 Å². The van der Waals surface area contributed by atoms with Crippen molar-refractivity contribution in [1.82, 2.24) is 4.90 Å². The fraction of sp³-hybridized carbons (Fsp3) is 0.333. The number of hydrogen-bond acceptors (Lipinski definition) is 2. The Kier molecular flexibility index (Phi) is 2.68. The van der Waals surface area contributed by atoms with Crippen LogP contribution in [0.15, 0.2) is 29.3 Å². The normalized spacial score (nSPS) is 18.1. The SMILES string of the molecule is CN1CCC/C1=N\c1ccccc1C#N. The number of likely N-dealkylation sites (tertiary alicyclic amines) is 1. The molecule has 1 aromatic carbocycles. The first-order valence-electron chi connectivity index (χ1n) is 5.09. The van der Waals surface area contributed by atoms with Crippen LogP contribution in [0.3, 0.4) is 0 Å². The zero-order valence-electron chi connectivity index (χ0n) is 8.77. The molecule has 0 bridgehead atoms. The molecular weight excluding hydrogens is 186 g/mol. The molecule has 0 saturated carbocycles. The lowest BCUT2D eigenvalue weighted by Crippen LogP contribution is -2.18. The van der Waals surface area contributed by atoms with E-state index in [-0.39, 0.29) is 0 Å². The monoisotopic (exact) mass is 199 g/mol. The van der Waals surface area contributed by atoms with Gasteiger partial charge in [0.15, 0.2) is 0 Å². The van der Waals surface area contributed by atoms with Crippen LogP contribution in [0.1, 0.15) is 18.4 Å². The summed E-state index contributed by atoms with van der Waals surface area (Å²) in [6.07, 6.45) is 2.17. The molecule has 15 heavy (non-hydrogen) atoms.